The molecule has 0 aliphatic carbocycles. The monoisotopic (exact) mass is 398 g/mol. The minimum Gasteiger partial charge on any atom is -0.339 e. The third-order valence-corrected chi connectivity index (χ3v) is 6.23. The molecule has 4 rings (SSSR count). The lowest BCUT2D eigenvalue weighted by atomic mass is 9.93. The molecule has 0 spiro atoms. The molecule has 2 aromatic rings. The zero-order valence-corrected chi connectivity index (χ0v) is 16.5. The summed E-state index contributed by atoms with van der Waals surface area (Å²) in [6.45, 7) is 4.44. The molecule has 1 fully saturated rings. The van der Waals surface area contributed by atoms with E-state index in [2.05, 4.69) is 4.98 Å². The van der Waals surface area contributed by atoms with Crippen molar-refractivity contribution in [1.29, 1.82) is 0 Å². The predicted molar refractivity (Wildman–Crippen MR) is 105 cm³/mol. The number of aromatic nitrogens is 1. The molecule has 0 bridgehead atoms. The number of nitrogens with zero attached hydrogens (tertiary/aromatic N) is 4. The van der Waals surface area contributed by atoms with Gasteiger partial charge in [-0.05, 0) is 23.1 Å². The van der Waals surface area contributed by atoms with Crippen molar-refractivity contribution in [2.75, 3.05) is 32.7 Å². The van der Waals surface area contributed by atoms with Crippen LogP contribution in [0, 0.1) is 0 Å². The molecule has 28 heavy (non-hydrogen) atoms. The van der Waals surface area contributed by atoms with E-state index < -0.39 is 5.92 Å². The van der Waals surface area contributed by atoms with Crippen molar-refractivity contribution in [3.8, 4) is 0 Å². The molecule has 3 amide bonds. The van der Waals surface area contributed by atoms with Crippen LogP contribution in [-0.2, 0) is 16.1 Å². The summed E-state index contributed by atoms with van der Waals surface area (Å²) in [6.07, 6.45) is 1.70. The van der Waals surface area contributed by atoms with E-state index in [-0.39, 0.29) is 17.7 Å². The van der Waals surface area contributed by atoms with E-state index in [1.54, 1.807) is 27.8 Å². The molecule has 2 aliphatic rings. The summed E-state index contributed by atoms with van der Waals surface area (Å²) in [7, 11) is 0. The summed E-state index contributed by atoms with van der Waals surface area (Å²) in [5, 5.41) is 1.88. The van der Waals surface area contributed by atoms with Crippen molar-refractivity contribution in [1.82, 2.24) is 19.7 Å². The Hall–Kier alpha value is -2.74. The first kappa shape index (κ1) is 18.6. The number of fused-ring (bicyclic) bond motifs is 1. The molecule has 1 atom stereocenters. The topological polar surface area (TPSA) is 73.8 Å². The van der Waals surface area contributed by atoms with Crippen LogP contribution in [0.15, 0.2) is 35.8 Å². The maximum atomic E-state index is 13.3. The number of rotatable bonds is 2. The SMILES string of the molecule is CC(=O)N1CCN(C(=O)C2CN(C(=O)c3cccs3)Cc3cccnc32)CC1. The van der Waals surface area contributed by atoms with Crippen LogP contribution in [0.3, 0.4) is 0 Å². The second-order valence-electron chi connectivity index (χ2n) is 7.09. The molecule has 2 aliphatic heterocycles. The summed E-state index contributed by atoms with van der Waals surface area (Å²) in [4.78, 5) is 48.1. The summed E-state index contributed by atoms with van der Waals surface area (Å²) < 4.78 is 0. The van der Waals surface area contributed by atoms with Gasteiger partial charge in [0, 0.05) is 52.4 Å². The van der Waals surface area contributed by atoms with Crippen molar-refractivity contribution >= 4 is 29.1 Å². The molecule has 1 saturated heterocycles. The second-order valence-corrected chi connectivity index (χ2v) is 8.04. The third-order valence-electron chi connectivity index (χ3n) is 5.37. The first-order valence-corrected chi connectivity index (χ1v) is 10.2. The van der Waals surface area contributed by atoms with E-state index in [1.807, 2.05) is 29.6 Å². The van der Waals surface area contributed by atoms with E-state index >= 15 is 0 Å². The number of carbonyl (C=O) groups excluding carboxylic acids is 3. The highest BCUT2D eigenvalue weighted by Gasteiger charge is 2.37. The molecule has 8 heteroatoms. The molecule has 2 aromatic heterocycles. The van der Waals surface area contributed by atoms with Crippen LogP contribution in [0.4, 0.5) is 0 Å². The van der Waals surface area contributed by atoms with Crippen LogP contribution in [0.2, 0.25) is 0 Å². The average Bonchev–Trinajstić information content (AvgIpc) is 3.27. The number of pyridine rings is 1. The highest BCUT2D eigenvalue weighted by molar-refractivity contribution is 7.12. The normalized spacial score (nSPS) is 19.3. The highest BCUT2D eigenvalue weighted by atomic mass is 32.1. The average molecular weight is 398 g/mol. The molecule has 4 heterocycles. The predicted octanol–water partition coefficient (Wildman–Crippen LogP) is 1.57. The number of hydrogen-bond donors (Lipinski definition) is 0. The van der Waals surface area contributed by atoms with E-state index in [0.717, 1.165) is 11.3 Å². The van der Waals surface area contributed by atoms with Crippen LogP contribution in [-0.4, -0.2) is 70.1 Å². The van der Waals surface area contributed by atoms with Crippen molar-refractivity contribution in [2.45, 2.75) is 19.4 Å². The minimum atomic E-state index is -0.474. The zero-order valence-electron chi connectivity index (χ0n) is 15.7. The molecule has 0 N–H and O–H groups in total. The fourth-order valence-corrected chi connectivity index (χ4v) is 4.53. The van der Waals surface area contributed by atoms with Gasteiger partial charge in [-0.2, -0.15) is 0 Å². The van der Waals surface area contributed by atoms with Gasteiger partial charge in [0.25, 0.3) is 5.91 Å². The standard InChI is InChI=1S/C20H22N4O3S/c1-14(25)22-7-9-23(10-8-22)19(26)16-13-24(20(27)17-5-3-11-28-17)12-15-4-2-6-21-18(15)16/h2-6,11,16H,7-10,12-13H2,1H3. The van der Waals surface area contributed by atoms with Crippen LogP contribution < -0.4 is 0 Å². The Morgan fingerprint density at radius 2 is 1.79 bits per heavy atom. The minimum absolute atomic E-state index is 0.0215. The number of hydrogen-bond acceptors (Lipinski definition) is 5. The number of thiophene rings is 1. The van der Waals surface area contributed by atoms with Gasteiger partial charge in [0.15, 0.2) is 0 Å². The van der Waals surface area contributed by atoms with E-state index in [4.69, 9.17) is 0 Å². The van der Waals surface area contributed by atoms with Gasteiger partial charge in [0.05, 0.1) is 16.5 Å². The molecule has 1 unspecified atom stereocenters. The molecular formula is C20H22N4O3S. The first-order valence-electron chi connectivity index (χ1n) is 9.35. The third kappa shape index (κ3) is 3.52. The lowest BCUT2D eigenvalue weighted by molar-refractivity contribution is -0.139. The Kier molecular flexibility index (Phi) is 5.13. The Bertz CT molecular complexity index is 891. The van der Waals surface area contributed by atoms with E-state index in [9.17, 15) is 14.4 Å². The van der Waals surface area contributed by atoms with Crippen molar-refractivity contribution in [2.24, 2.45) is 0 Å². The highest BCUT2D eigenvalue weighted by Crippen LogP contribution is 2.30. The van der Waals surface area contributed by atoms with Crippen LogP contribution >= 0.6 is 11.3 Å². The summed E-state index contributed by atoms with van der Waals surface area (Å²) in [6, 6.07) is 7.44. The maximum Gasteiger partial charge on any atom is 0.264 e. The van der Waals surface area contributed by atoms with Gasteiger partial charge in [-0.3, -0.25) is 19.4 Å². The van der Waals surface area contributed by atoms with Gasteiger partial charge in [0.1, 0.15) is 0 Å². The summed E-state index contributed by atoms with van der Waals surface area (Å²) in [5.74, 6) is -0.516. The largest absolute Gasteiger partial charge is 0.339 e. The molecular weight excluding hydrogens is 376 g/mol. The van der Waals surface area contributed by atoms with Gasteiger partial charge >= 0.3 is 0 Å². The summed E-state index contributed by atoms with van der Waals surface area (Å²) in [5.41, 5.74) is 1.68. The van der Waals surface area contributed by atoms with Gasteiger partial charge in [0.2, 0.25) is 11.8 Å². The molecule has 146 valence electrons. The quantitative estimate of drug-likeness (QED) is 0.770. The van der Waals surface area contributed by atoms with Crippen molar-refractivity contribution in [3.05, 3.63) is 52.0 Å². The molecule has 7 nitrogen and oxygen atoms in total. The Labute approximate surface area is 167 Å². The van der Waals surface area contributed by atoms with Crippen LogP contribution in [0.5, 0.6) is 0 Å². The first-order chi connectivity index (χ1) is 13.5. The van der Waals surface area contributed by atoms with Crippen molar-refractivity contribution < 1.29 is 14.4 Å². The molecule has 0 aromatic carbocycles. The van der Waals surface area contributed by atoms with Gasteiger partial charge in [-0.1, -0.05) is 12.1 Å². The second kappa shape index (κ2) is 7.71. The van der Waals surface area contributed by atoms with E-state index in [0.29, 0.717) is 44.1 Å². The smallest absolute Gasteiger partial charge is 0.264 e. The lowest BCUT2D eigenvalue weighted by Gasteiger charge is -2.39. The number of piperazine rings is 1. The van der Waals surface area contributed by atoms with Gasteiger partial charge in [-0.25, -0.2) is 0 Å². The van der Waals surface area contributed by atoms with Crippen molar-refractivity contribution in [3.63, 3.8) is 0 Å². The fourth-order valence-electron chi connectivity index (χ4n) is 3.84. The van der Waals surface area contributed by atoms with Gasteiger partial charge in [-0.15, -0.1) is 11.3 Å². The zero-order chi connectivity index (χ0) is 19.7. The van der Waals surface area contributed by atoms with E-state index in [1.165, 1.54) is 11.3 Å². The van der Waals surface area contributed by atoms with Crippen LogP contribution in [0.1, 0.15) is 33.8 Å². The fraction of sp³-hybridized carbons (Fsp3) is 0.400. The Balaban J connectivity index is 1.56. The molecule has 0 radical (unpaired) electrons. The number of amides is 3. The lowest BCUT2D eigenvalue weighted by Crippen LogP contribution is -2.53. The Morgan fingerprint density at radius 1 is 1.04 bits per heavy atom. The number of carbonyl (C=O) groups is 3. The summed E-state index contributed by atoms with van der Waals surface area (Å²) >= 11 is 1.41. The van der Waals surface area contributed by atoms with Crippen LogP contribution in [0.25, 0.3) is 0 Å². The molecule has 0 saturated carbocycles. The van der Waals surface area contributed by atoms with Gasteiger partial charge < -0.3 is 14.7 Å². The maximum absolute atomic E-state index is 13.3. The Morgan fingerprint density at radius 3 is 2.46 bits per heavy atom.